The molecule has 0 fully saturated rings. The lowest BCUT2D eigenvalue weighted by molar-refractivity contribution is 0.394. The standard InChI is InChI=1S/C18H23NOS/c1-3-4-5-7-10-15-13-14-17(20-2)19-18(15)21-16-11-8-6-9-12-16/h6,8-9,11-14H,3-5,7,10H2,1-2H3. The Hall–Kier alpha value is -1.48. The van der Waals surface area contributed by atoms with Crippen LogP contribution in [-0.2, 0) is 6.42 Å². The van der Waals surface area contributed by atoms with Crippen LogP contribution in [0.2, 0.25) is 0 Å². The molecular formula is C18H23NOS. The molecule has 1 heterocycles. The van der Waals surface area contributed by atoms with E-state index >= 15 is 0 Å². The fraction of sp³-hybridized carbons (Fsp3) is 0.389. The van der Waals surface area contributed by atoms with Crippen molar-refractivity contribution in [2.24, 2.45) is 0 Å². The topological polar surface area (TPSA) is 22.1 Å². The van der Waals surface area contributed by atoms with Gasteiger partial charge >= 0.3 is 0 Å². The van der Waals surface area contributed by atoms with Crippen LogP contribution in [0.3, 0.4) is 0 Å². The smallest absolute Gasteiger partial charge is 0.214 e. The van der Waals surface area contributed by atoms with Gasteiger partial charge in [-0.3, -0.25) is 0 Å². The molecule has 0 N–H and O–H groups in total. The number of rotatable bonds is 8. The Kier molecular flexibility index (Phi) is 6.61. The second-order valence-corrected chi connectivity index (χ2v) is 6.11. The average Bonchev–Trinajstić information content (AvgIpc) is 2.53. The first kappa shape index (κ1) is 15.9. The van der Waals surface area contributed by atoms with Gasteiger partial charge in [-0.15, -0.1) is 0 Å². The Morgan fingerprint density at radius 1 is 1.00 bits per heavy atom. The quantitative estimate of drug-likeness (QED) is 0.612. The molecule has 2 rings (SSSR count). The van der Waals surface area contributed by atoms with E-state index in [4.69, 9.17) is 4.74 Å². The third kappa shape index (κ3) is 5.09. The lowest BCUT2D eigenvalue weighted by Gasteiger charge is -2.10. The Morgan fingerprint density at radius 3 is 2.52 bits per heavy atom. The van der Waals surface area contributed by atoms with Gasteiger partial charge in [0, 0.05) is 11.0 Å². The molecule has 0 atom stereocenters. The Bertz CT molecular complexity index is 542. The van der Waals surface area contributed by atoms with E-state index in [1.54, 1.807) is 18.9 Å². The molecule has 112 valence electrons. The third-order valence-corrected chi connectivity index (χ3v) is 4.43. The molecule has 0 spiro atoms. The van der Waals surface area contributed by atoms with Crippen LogP contribution in [0.5, 0.6) is 5.88 Å². The molecule has 0 saturated carbocycles. The van der Waals surface area contributed by atoms with Gasteiger partial charge < -0.3 is 4.74 Å². The van der Waals surface area contributed by atoms with Crippen molar-refractivity contribution < 1.29 is 4.74 Å². The summed E-state index contributed by atoms with van der Waals surface area (Å²) in [4.78, 5) is 5.84. The van der Waals surface area contributed by atoms with E-state index in [2.05, 4.69) is 42.2 Å². The summed E-state index contributed by atoms with van der Waals surface area (Å²) in [7, 11) is 1.67. The first-order chi connectivity index (χ1) is 10.3. The van der Waals surface area contributed by atoms with Crippen LogP contribution < -0.4 is 4.74 Å². The second kappa shape index (κ2) is 8.73. The number of benzene rings is 1. The van der Waals surface area contributed by atoms with Crippen molar-refractivity contribution in [3.05, 3.63) is 48.0 Å². The summed E-state index contributed by atoms with van der Waals surface area (Å²) >= 11 is 1.72. The number of nitrogens with zero attached hydrogens (tertiary/aromatic N) is 1. The number of methoxy groups -OCH3 is 1. The fourth-order valence-corrected chi connectivity index (χ4v) is 3.14. The number of aromatic nitrogens is 1. The highest BCUT2D eigenvalue weighted by Crippen LogP contribution is 2.31. The lowest BCUT2D eigenvalue weighted by atomic mass is 10.1. The summed E-state index contributed by atoms with van der Waals surface area (Å²) in [5.41, 5.74) is 1.32. The van der Waals surface area contributed by atoms with Crippen molar-refractivity contribution in [3.63, 3.8) is 0 Å². The van der Waals surface area contributed by atoms with Crippen molar-refractivity contribution in [2.45, 2.75) is 48.9 Å². The summed E-state index contributed by atoms with van der Waals surface area (Å²) in [6, 6.07) is 14.5. The molecule has 0 amide bonds. The summed E-state index contributed by atoms with van der Waals surface area (Å²) < 4.78 is 5.27. The predicted molar refractivity (Wildman–Crippen MR) is 89.2 cm³/mol. The van der Waals surface area contributed by atoms with Crippen LogP contribution in [-0.4, -0.2) is 12.1 Å². The van der Waals surface area contributed by atoms with E-state index in [1.165, 1.54) is 36.1 Å². The van der Waals surface area contributed by atoms with E-state index < -0.39 is 0 Å². The van der Waals surface area contributed by atoms with Crippen molar-refractivity contribution in [3.8, 4) is 5.88 Å². The zero-order valence-corrected chi connectivity index (χ0v) is 13.7. The lowest BCUT2D eigenvalue weighted by Crippen LogP contribution is -1.95. The van der Waals surface area contributed by atoms with Gasteiger partial charge in [-0.25, -0.2) is 4.98 Å². The number of pyridine rings is 1. The van der Waals surface area contributed by atoms with E-state index in [-0.39, 0.29) is 0 Å². The Morgan fingerprint density at radius 2 is 1.81 bits per heavy atom. The van der Waals surface area contributed by atoms with E-state index in [9.17, 15) is 0 Å². The highest BCUT2D eigenvalue weighted by atomic mass is 32.2. The van der Waals surface area contributed by atoms with Crippen LogP contribution in [0, 0.1) is 0 Å². The molecule has 0 saturated heterocycles. The molecule has 21 heavy (non-hydrogen) atoms. The second-order valence-electron chi connectivity index (χ2n) is 5.04. The molecule has 2 nitrogen and oxygen atoms in total. The molecule has 0 aliphatic carbocycles. The van der Waals surface area contributed by atoms with Crippen LogP contribution in [0.4, 0.5) is 0 Å². The van der Waals surface area contributed by atoms with E-state index in [0.29, 0.717) is 5.88 Å². The normalized spacial score (nSPS) is 10.6. The minimum atomic E-state index is 0.686. The zero-order valence-electron chi connectivity index (χ0n) is 12.8. The molecule has 0 aliphatic rings. The third-order valence-electron chi connectivity index (χ3n) is 3.38. The number of hydrogen-bond acceptors (Lipinski definition) is 3. The van der Waals surface area contributed by atoms with Crippen LogP contribution in [0.15, 0.2) is 52.4 Å². The molecule has 0 aliphatic heterocycles. The maximum Gasteiger partial charge on any atom is 0.214 e. The average molecular weight is 301 g/mol. The summed E-state index contributed by atoms with van der Waals surface area (Å²) in [6.45, 7) is 2.24. The molecule has 0 bridgehead atoms. The first-order valence-electron chi connectivity index (χ1n) is 7.60. The maximum absolute atomic E-state index is 5.27. The highest BCUT2D eigenvalue weighted by molar-refractivity contribution is 7.99. The van der Waals surface area contributed by atoms with Crippen molar-refractivity contribution in [1.82, 2.24) is 4.98 Å². The van der Waals surface area contributed by atoms with Crippen LogP contribution in [0.1, 0.15) is 38.2 Å². The van der Waals surface area contributed by atoms with Crippen LogP contribution >= 0.6 is 11.8 Å². The van der Waals surface area contributed by atoms with Crippen LogP contribution in [0.25, 0.3) is 0 Å². The number of aryl methyl sites for hydroxylation is 1. The minimum Gasteiger partial charge on any atom is -0.481 e. The molecular weight excluding hydrogens is 278 g/mol. The van der Waals surface area contributed by atoms with Gasteiger partial charge in [0.15, 0.2) is 0 Å². The maximum atomic E-state index is 5.27. The number of ether oxygens (including phenoxy) is 1. The largest absolute Gasteiger partial charge is 0.481 e. The van der Waals surface area contributed by atoms with Crippen molar-refractivity contribution in [1.29, 1.82) is 0 Å². The number of unbranched alkanes of at least 4 members (excludes halogenated alkanes) is 3. The van der Waals surface area contributed by atoms with Gasteiger partial charge in [0.2, 0.25) is 5.88 Å². The summed E-state index contributed by atoms with van der Waals surface area (Å²) in [5.74, 6) is 0.686. The molecule has 0 unspecified atom stereocenters. The first-order valence-corrected chi connectivity index (χ1v) is 8.42. The van der Waals surface area contributed by atoms with Gasteiger partial charge in [-0.1, -0.05) is 62.2 Å². The van der Waals surface area contributed by atoms with Gasteiger partial charge in [0.25, 0.3) is 0 Å². The minimum absolute atomic E-state index is 0.686. The molecule has 3 heteroatoms. The Labute approximate surface area is 131 Å². The molecule has 0 radical (unpaired) electrons. The number of hydrogen-bond donors (Lipinski definition) is 0. The monoisotopic (exact) mass is 301 g/mol. The SMILES string of the molecule is CCCCCCc1ccc(OC)nc1Sc1ccccc1. The van der Waals surface area contributed by atoms with E-state index in [0.717, 1.165) is 11.4 Å². The van der Waals surface area contributed by atoms with Gasteiger partial charge in [0.05, 0.1) is 7.11 Å². The Balaban J connectivity index is 2.11. The zero-order chi connectivity index (χ0) is 14.9. The van der Waals surface area contributed by atoms with Crippen molar-refractivity contribution >= 4 is 11.8 Å². The highest BCUT2D eigenvalue weighted by Gasteiger charge is 2.08. The van der Waals surface area contributed by atoms with E-state index in [1.807, 2.05) is 12.1 Å². The molecule has 1 aromatic heterocycles. The summed E-state index contributed by atoms with van der Waals surface area (Å²) in [5, 5.41) is 1.07. The predicted octanol–water partition coefficient (Wildman–Crippen LogP) is 5.36. The van der Waals surface area contributed by atoms with Gasteiger partial charge in [-0.2, -0.15) is 0 Å². The van der Waals surface area contributed by atoms with Crippen molar-refractivity contribution in [2.75, 3.05) is 7.11 Å². The summed E-state index contributed by atoms with van der Waals surface area (Å²) in [6.07, 6.45) is 6.19. The van der Waals surface area contributed by atoms with Gasteiger partial charge in [0.1, 0.15) is 5.03 Å². The molecule has 2 aromatic rings. The fourth-order valence-electron chi connectivity index (χ4n) is 2.19. The van der Waals surface area contributed by atoms with Gasteiger partial charge in [-0.05, 0) is 30.5 Å². The molecule has 1 aromatic carbocycles.